The van der Waals surface area contributed by atoms with E-state index in [0.717, 1.165) is 49.3 Å². The fourth-order valence-electron chi connectivity index (χ4n) is 2.75. The summed E-state index contributed by atoms with van der Waals surface area (Å²) in [6, 6.07) is 14.0. The van der Waals surface area contributed by atoms with Crippen molar-refractivity contribution >= 4 is 17.7 Å². The van der Waals surface area contributed by atoms with E-state index in [-0.39, 0.29) is 5.91 Å². The topological polar surface area (TPSA) is 38.3 Å². The van der Waals surface area contributed by atoms with Gasteiger partial charge in [0.2, 0.25) is 5.91 Å². The molecule has 0 radical (unpaired) electrons. The monoisotopic (exact) mass is 351 g/mol. The van der Waals surface area contributed by atoms with Crippen molar-refractivity contribution in [2.75, 3.05) is 11.9 Å². The zero-order valence-corrected chi connectivity index (χ0v) is 16.0. The Kier molecular flexibility index (Phi) is 7.94. The van der Waals surface area contributed by atoms with Gasteiger partial charge >= 0.3 is 0 Å². The summed E-state index contributed by atoms with van der Waals surface area (Å²) < 4.78 is 5.65. The summed E-state index contributed by atoms with van der Waals surface area (Å²) in [7, 11) is 0. The molecule has 0 aliphatic carbocycles. The normalized spacial score (nSPS) is 10.9. The number of amides is 1. The fraction of sp³-hybridized carbons (Fsp3) is 0.348. The van der Waals surface area contributed by atoms with Crippen LogP contribution >= 0.6 is 0 Å². The zero-order chi connectivity index (χ0) is 18.8. The number of para-hydroxylation sites is 1. The number of rotatable bonds is 9. The smallest absolute Gasteiger partial charge is 0.248 e. The number of ether oxygens (including phenoxy) is 1. The summed E-state index contributed by atoms with van der Waals surface area (Å²) in [5, 5.41) is 3.05. The van der Waals surface area contributed by atoms with E-state index < -0.39 is 0 Å². The highest BCUT2D eigenvalue weighted by Crippen LogP contribution is 2.22. The second-order valence-corrected chi connectivity index (χ2v) is 6.25. The van der Waals surface area contributed by atoms with Crippen LogP contribution in [0.5, 0.6) is 5.75 Å². The summed E-state index contributed by atoms with van der Waals surface area (Å²) in [6.07, 6.45) is 7.38. The lowest BCUT2D eigenvalue weighted by molar-refractivity contribution is -0.111. The number of nitrogens with one attached hydrogen (secondary N) is 1. The summed E-state index contributed by atoms with van der Waals surface area (Å²) in [5.41, 5.74) is 4.26. The third kappa shape index (κ3) is 5.76. The number of carbonyl (C=O) groups excluding carboxylic acids is 1. The second kappa shape index (κ2) is 10.4. The van der Waals surface area contributed by atoms with E-state index in [1.807, 2.05) is 36.4 Å². The first-order valence-electron chi connectivity index (χ1n) is 9.50. The summed E-state index contributed by atoms with van der Waals surface area (Å²) in [4.78, 5) is 12.3. The van der Waals surface area contributed by atoms with Crippen LogP contribution in [0.4, 0.5) is 5.69 Å². The van der Waals surface area contributed by atoms with Gasteiger partial charge in [0.25, 0.3) is 0 Å². The molecule has 0 saturated carbocycles. The van der Waals surface area contributed by atoms with Gasteiger partial charge in [0, 0.05) is 11.8 Å². The lowest BCUT2D eigenvalue weighted by Crippen LogP contribution is -2.11. The summed E-state index contributed by atoms with van der Waals surface area (Å²) >= 11 is 0. The standard InChI is InChI=1S/C23H29NO2/c1-4-7-17-26-21-14-11-18(12-15-21)13-16-22(25)24-23-19(5-2)9-8-10-20(23)6-3/h8-16H,4-7,17H2,1-3H3,(H,24,25). The lowest BCUT2D eigenvalue weighted by atomic mass is 10.0. The molecule has 0 bridgehead atoms. The maximum atomic E-state index is 12.3. The van der Waals surface area contributed by atoms with E-state index in [2.05, 4.69) is 38.2 Å². The molecule has 0 spiro atoms. The third-order valence-corrected chi connectivity index (χ3v) is 4.32. The van der Waals surface area contributed by atoms with Gasteiger partial charge in [-0.05, 0) is 54.2 Å². The number of benzene rings is 2. The maximum absolute atomic E-state index is 12.3. The molecular weight excluding hydrogens is 322 g/mol. The highest BCUT2D eigenvalue weighted by molar-refractivity contribution is 6.02. The molecule has 138 valence electrons. The van der Waals surface area contributed by atoms with Crippen LogP contribution in [0.1, 0.15) is 50.3 Å². The van der Waals surface area contributed by atoms with E-state index in [1.165, 1.54) is 11.1 Å². The maximum Gasteiger partial charge on any atom is 0.248 e. The van der Waals surface area contributed by atoms with Crippen molar-refractivity contribution in [2.45, 2.75) is 46.5 Å². The van der Waals surface area contributed by atoms with Gasteiger partial charge in [-0.2, -0.15) is 0 Å². The first kappa shape index (κ1) is 19.8. The van der Waals surface area contributed by atoms with Gasteiger partial charge in [0.15, 0.2) is 0 Å². The Hall–Kier alpha value is -2.55. The molecule has 3 heteroatoms. The van der Waals surface area contributed by atoms with Crippen molar-refractivity contribution in [3.8, 4) is 5.75 Å². The van der Waals surface area contributed by atoms with Crippen LogP contribution in [-0.4, -0.2) is 12.5 Å². The van der Waals surface area contributed by atoms with Crippen LogP contribution in [0.25, 0.3) is 6.08 Å². The van der Waals surface area contributed by atoms with Crippen molar-refractivity contribution in [1.29, 1.82) is 0 Å². The van der Waals surface area contributed by atoms with Crippen LogP contribution in [0.2, 0.25) is 0 Å². The predicted octanol–water partition coefficient (Wildman–Crippen LogP) is 5.64. The van der Waals surface area contributed by atoms with E-state index in [0.29, 0.717) is 0 Å². The largest absolute Gasteiger partial charge is 0.494 e. The lowest BCUT2D eigenvalue weighted by Gasteiger charge is -2.13. The Morgan fingerprint density at radius 3 is 2.23 bits per heavy atom. The minimum atomic E-state index is -0.108. The van der Waals surface area contributed by atoms with E-state index in [9.17, 15) is 4.79 Å². The molecule has 2 rings (SSSR count). The molecule has 2 aromatic carbocycles. The molecule has 0 aromatic heterocycles. The Labute approximate surface area is 157 Å². The third-order valence-electron chi connectivity index (χ3n) is 4.32. The highest BCUT2D eigenvalue weighted by atomic mass is 16.5. The van der Waals surface area contributed by atoms with Crippen molar-refractivity contribution in [3.63, 3.8) is 0 Å². The van der Waals surface area contributed by atoms with E-state index in [1.54, 1.807) is 6.08 Å². The molecule has 0 heterocycles. The van der Waals surface area contributed by atoms with Crippen molar-refractivity contribution < 1.29 is 9.53 Å². The van der Waals surface area contributed by atoms with E-state index >= 15 is 0 Å². The van der Waals surface area contributed by atoms with Crippen LogP contribution < -0.4 is 10.1 Å². The number of aryl methyl sites for hydroxylation is 2. The molecule has 0 aliphatic rings. The van der Waals surface area contributed by atoms with Crippen LogP contribution in [0.3, 0.4) is 0 Å². The first-order chi connectivity index (χ1) is 12.7. The molecule has 0 fully saturated rings. The van der Waals surface area contributed by atoms with Gasteiger partial charge < -0.3 is 10.1 Å². The van der Waals surface area contributed by atoms with Crippen LogP contribution in [0.15, 0.2) is 48.5 Å². The quantitative estimate of drug-likeness (QED) is 0.469. The van der Waals surface area contributed by atoms with Gasteiger partial charge in [-0.25, -0.2) is 0 Å². The minimum absolute atomic E-state index is 0.108. The van der Waals surface area contributed by atoms with Gasteiger partial charge in [0.05, 0.1) is 6.61 Å². The highest BCUT2D eigenvalue weighted by Gasteiger charge is 2.08. The fourth-order valence-corrected chi connectivity index (χ4v) is 2.75. The van der Waals surface area contributed by atoms with Gasteiger partial charge in [0.1, 0.15) is 5.75 Å². The summed E-state index contributed by atoms with van der Waals surface area (Å²) in [5.74, 6) is 0.758. The van der Waals surface area contributed by atoms with Gasteiger partial charge in [-0.3, -0.25) is 4.79 Å². The number of hydrogen-bond donors (Lipinski definition) is 1. The molecule has 3 nitrogen and oxygen atoms in total. The number of carbonyl (C=O) groups is 1. The summed E-state index contributed by atoms with van der Waals surface area (Å²) in [6.45, 7) is 7.09. The average molecular weight is 351 g/mol. The Morgan fingerprint density at radius 2 is 1.65 bits per heavy atom. The SMILES string of the molecule is CCCCOc1ccc(C=CC(=O)Nc2c(CC)cccc2CC)cc1. The predicted molar refractivity (Wildman–Crippen MR) is 110 cm³/mol. The number of hydrogen-bond acceptors (Lipinski definition) is 2. The molecule has 26 heavy (non-hydrogen) atoms. The number of anilines is 1. The minimum Gasteiger partial charge on any atom is -0.494 e. The van der Waals surface area contributed by atoms with Crippen molar-refractivity contribution in [2.24, 2.45) is 0 Å². The molecule has 0 aliphatic heterocycles. The van der Waals surface area contributed by atoms with Crippen molar-refractivity contribution in [1.82, 2.24) is 0 Å². The first-order valence-corrected chi connectivity index (χ1v) is 9.50. The average Bonchev–Trinajstić information content (AvgIpc) is 2.67. The Bertz CT molecular complexity index is 710. The Morgan fingerprint density at radius 1 is 1.00 bits per heavy atom. The zero-order valence-electron chi connectivity index (χ0n) is 16.0. The molecule has 1 N–H and O–H groups in total. The molecule has 0 saturated heterocycles. The number of unbranched alkanes of at least 4 members (excludes halogenated alkanes) is 1. The van der Waals surface area contributed by atoms with Gasteiger partial charge in [-0.1, -0.05) is 57.5 Å². The molecular formula is C23H29NO2. The molecule has 2 aromatic rings. The molecule has 1 amide bonds. The molecule has 0 atom stereocenters. The van der Waals surface area contributed by atoms with Gasteiger partial charge in [-0.15, -0.1) is 0 Å². The second-order valence-electron chi connectivity index (χ2n) is 6.25. The Balaban J connectivity index is 1.99. The van der Waals surface area contributed by atoms with Crippen LogP contribution in [-0.2, 0) is 17.6 Å². The van der Waals surface area contributed by atoms with Crippen LogP contribution in [0, 0.1) is 0 Å². The van der Waals surface area contributed by atoms with E-state index in [4.69, 9.17) is 4.74 Å². The van der Waals surface area contributed by atoms with Crippen molar-refractivity contribution in [3.05, 3.63) is 65.2 Å². The molecule has 0 unspecified atom stereocenters.